The van der Waals surface area contributed by atoms with Crippen LogP contribution in [0.15, 0.2) is 34.9 Å². The van der Waals surface area contributed by atoms with E-state index in [2.05, 4.69) is 39.8 Å². The van der Waals surface area contributed by atoms with Crippen molar-refractivity contribution in [2.24, 2.45) is 11.8 Å². The van der Waals surface area contributed by atoms with Crippen LogP contribution in [-0.2, 0) is 28.5 Å². The summed E-state index contributed by atoms with van der Waals surface area (Å²) in [5, 5.41) is 11.1. The molecule has 1 fully saturated rings. The van der Waals surface area contributed by atoms with E-state index in [1.54, 1.807) is 26.8 Å². The third-order valence-electron chi connectivity index (χ3n) is 6.97. The van der Waals surface area contributed by atoms with Gasteiger partial charge in [0.15, 0.2) is 18.5 Å². The number of allylic oxidation sites excluding steroid dienone is 4. The lowest BCUT2D eigenvalue weighted by Gasteiger charge is -2.44. The maximum Gasteiger partial charge on any atom is 0.333 e. The van der Waals surface area contributed by atoms with Crippen molar-refractivity contribution in [2.75, 3.05) is 0 Å². The Morgan fingerprint density at radius 3 is 2.40 bits per heavy atom. The summed E-state index contributed by atoms with van der Waals surface area (Å²) in [5.41, 5.74) is 2.99. The number of hydrogen-bond acceptors (Lipinski definition) is 7. The zero-order chi connectivity index (χ0) is 26.3. The van der Waals surface area contributed by atoms with E-state index < -0.39 is 42.6 Å². The monoisotopic (exact) mass is 492 g/mol. The molecule has 0 amide bonds. The first-order valence-electron chi connectivity index (χ1n) is 12.8. The van der Waals surface area contributed by atoms with Crippen LogP contribution in [0.3, 0.4) is 0 Å². The number of aliphatic hydroxyl groups is 1. The molecule has 1 N–H and O–H groups in total. The highest BCUT2D eigenvalue weighted by Gasteiger charge is 2.49. The molecule has 1 aliphatic carbocycles. The van der Waals surface area contributed by atoms with Crippen molar-refractivity contribution in [2.45, 2.75) is 118 Å². The lowest BCUT2D eigenvalue weighted by Crippen LogP contribution is -2.60. The summed E-state index contributed by atoms with van der Waals surface area (Å²) in [7, 11) is 0. The van der Waals surface area contributed by atoms with Gasteiger partial charge in [-0.3, -0.25) is 4.79 Å². The molecule has 35 heavy (non-hydrogen) atoms. The Labute approximate surface area is 210 Å². The van der Waals surface area contributed by atoms with Crippen molar-refractivity contribution < 1.29 is 33.6 Å². The zero-order valence-corrected chi connectivity index (χ0v) is 22.6. The molecule has 7 atom stereocenters. The van der Waals surface area contributed by atoms with Crippen LogP contribution >= 0.6 is 0 Å². The van der Waals surface area contributed by atoms with Gasteiger partial charge >= 0.3 is 11.9 Å². The van der Waals surface area contributed by atoms with Crippen LogP contribution in [0.1, 0.15) is 81.1 Å². The Bertz CT molecular complexity index is 825. The van der Waals surface area contributed by atoms with E-state index in [1.165, 1.54) is 18.1 Å². The van der Waals surface area contributed by atoms with E-state index in [9.17, 15) is 14.7 Å². The molecule has 7 nitrogen and oxygen atoms in total. The third-order valence-corrected chi connectivity index (χ3v) is 6.97. The fraction of sp³-hybridized carbons (Fsp3) is 0.714. The van der Waals surface area contributed by atoms with Crippen LogP contribution < -0.4 is 0 Å². The maximum atomic E-state index is 12.6. The van der Waals surface area contributed by atoms with Gasteiger partial charge in [-0.05, 0) is 72.1 Å². The van der Waals surface area contributed by atoms with E-state index in [0.717, 1.165) is 25.7 Å². The molecule has 198 valence electrons. The summed E-state index contributed by atoms with van der Waals surface area (Å²) >= 11 is 0. The average Bonchev–Trinajstić information content (AvgIpc) is 2.77. The largest absolute Gasteiger partial charge is 0.457 e. The molecule has 1 heterocycles. The number of carbonyl (C=O) groups excluding carboxylic acids is 2. The van der Waals surface area contributed by atoms with Gasteiger partial charge in [-0.15, -0.1) is 0 Å². The molecule has 2 rings (SSSR count). The second kappa shape index (κ2) is 13.4. The number of hydrogen-bond donors (Lipinski definition) is 1. The molecular weight excluding hydrogens is 448 g/mol. The van der Waals surface area contributed by atoms with Gasteiger partial charge < -0.3 is 24.1 Å². The minimum absolute atomic E-state index is 0.197. The molecule has 7 heteroatoms. The van der Waals surface area contributed by atoms with Crippen molar-refractivity contribution in [3.8, 4) is 0 Å². The lowest BCUT2D eigenvalue weighted by atomic mass is 9.83. The first-order valence-corrected chi connectivity index (χ1v) is 12.8. The second-order valence-electron chi connectivity index (χ2n) is 10.3. The summed E-state index contributed by atoms with van der Waals surface area (Å²) in [6.07, 6.45) is 4.54. The normalized spacial score (nSPS) is 35.9. The van der Waals surface area contributed by atoms with E-state index >= 15 is 0 Å². The minimum Gasteiger partial charge on any atom is -0.457 e. The topological polar surface area (TPSA) is 91.3 Å². The molecule has 0 bridgehead atoms. The molecule has 1 saturated heterocycles. The predicted octanol–water partition coefficient (Wildman–Crippen LogP) is 5.03. The number of carbonyl (C=O) groups is 2. The van der Waals surface area contributed by atoms with Gasteiger partial charge in [0.1, 0.15) is 6.10 Å². The standard InChI is InChI=1S/C28H44O7/c1-9-19(6)27(31)35-26-24(30)25(33-21(8)29)20(7)32-28(26)34-23-15-18(5)12-10-11-17(4)13-14-22(23)16(2)3/h9,11,15-16,20,22-26,28,30H,10,12-14H2,1-8H3/b17-11+,18-15+,19-9-/t20-,22+,23+,24+,25+,26-,28+/m1/s1. The summed E-state index contributed by atoms with van der Waals surface area (Å²) in [6.45, 7) is 15.0. The molecule has 0 saturated carbocycles. The Hall–Kier alpha value is -1.96. The van der Waals surface area contributed by atoms with Crippen molar-refractivity contribution >= 4 is 11.9 Å². The molecule has 2 aliphatic rings. The predicted molar refractivity (Wildman–Crippen MR) is 134 cm³/mol. The van der Waals surface area contributed by atoms with Gasteiger partial charge in [0.2, 0.25) is 0 Å². The van der Waals surface area contributed by atoms with Gasteiger partial charge in [0.25, 0.3) is 0 Å². The molecule has 1 aliphatic heterocycles. The minimum atomic E-state index is -1.30. The Balaban J connectivity index is 2.40. The molecule has 0 aromatic heterocycles. The molecule has 0 unspecified atom stereocenters. The molecule has 0 aromatic carbocycles. The maximum absolute atomic E-state index is 12.6. The Morgan fingerprint density at radius 1 is 1.11 bits per heavy atom. The van der Waals surface area contributed by atoms with E-state index in [1.807, 2.05) is 0 Å². The molecular formula is C28H44O7. The third kappa shape index (κ3) is 8.29. The van der Waals surface area contributed by atoms with Gasteiger partial charge in [-0.1, -0.05) is 43.2 Å². The highest BCUT2D eigenvalue weighted by Crippen LogP contribution is 2.34. The Morgan fingerprint density at radius 2 is 1.80 bits per heavy atom. The van der Waals surface area contributed by atoms with Crippen LogP contribution in [0.2, 0.25) is 0 Å². The fourth-order valence-electron chi connectivity index (χ4n) is 4.62. The van der Waals surface area contributed by atoms with Gasteiger partial charge in [-0.2, -0.15) is 0 Å². The van der Waals surface area contributed by atoms with Crippen LogP contribution in [0, 0.1) is 11.8 Å². The summed E-state index contributed by atoms with van der Waals surface area (Å²) < 4.78 is 23.7. The summed E-state index contributed by atoms with van der Waals surface area (Å²) in [4.78, 5) is 24.3. The molecule has 0 aromatic rings. The van der Waals surface area contributed by atoms with Crippen molar-refractivity contribution in [1.82, 2.24) is 0 Å². The lowest BCUT2D eigenvalue weighted by molar-refractivity contribution is -0.308. The van der Waals surface area contributed by atoms with Gasteiger partial charge in [0, 0.05) is 12.5 Å². The average molecular weight is 493 g/mol. The highest BCUT2D eigenvalue weighted by molar-refractivity contribution is 5.87. The SMILES string of the molecule is C/C=C(/C)C(=O)O[C@H]1[C@H](O[C@H]2/C=C(\C)CC/C=C(\C)CC[C@H]2C(C)C)O[C@H](C)[C@H](OC(C)=O)[C@@H]1O. The van der Waals surface area contributed by atoms with E-state index in [4.69, 9.17) is 18.9 Å². The number of esters is 2. The van der Waals surface area contributed by atoms with Crippen LogP contribution in [0.5, 0.6) is 0 Å². The van der Waals surface area contributed by atoms with E-state index in [0.29, 0.717) is 11.5 Å². The van der Waals surface area contributed by atoms with Crippen LogP contribution in [-0.4, -0.2) is 53.9 Å². The van der Waals surface area contributed by atoms with Gasteiger partial charge in [-0.25, -0.2) is 4.79 Å². The number of aliphatic hydroxyl groups excluding tert-OH is 1. The van der Waals surface area contributed by atoms with Gasteiger partial charge in [0.05, 0.1) is 12.2 Å². The van der Waals surface area contributed by atoms with Crippen molar-refractivity contribution in [3.63, 3.8) is 0 Å². The summed E-state index contributed by atoms with van der Waals surface area (Å²) in [6, 6.07) is 0. The van der Waals surface area contributed by atoms with Crippen LogP contribution in [0.25, 0.3) is 0 Å². The molecule has 0 radical (unpaired) electrons. The zero-order valence-electron chi connectivity index (χ0n) is 22.6. The fourth-order valence-corrected chi connectivity index (χ4v) is 4.62. The Kier molecular flexibility index (Phi) is 11.2. The summed E-state index contributed by atoms with van der Waals surface area (Å²) in [5.74, 6) is -0.596. The first kappa shape index (κ1) is 29.3. The smallest absolute Gasteiger partial charge is 0.333 e. The second-order valence-corrected chi connectivity index (χ2v) is 10.3. The number of rotatable bonds is 6. The van der Waals surface area contributed by atoms with Crippen LogP contribution in [0.4, 0.5) is 0 Å². The highest BCUT2D eigenvalue weighted by atomic mass is 16.7. The first-order chi connectivity index (χ1) is 16.4. The van der Waals surface area contributed by atoms with Crippen molar-refractivity contribution in [1.29, 1.82) is 0 Å². The quantitative estimate of drug-likeness (QED) is 0.316. The molecule has 0 spiro atoms. The van der Waals surface area contributed by atoms with Crippen molar-refractivity contribution in [3.05, 3.63) is 34.9 Å². The van der Waals surface area contributed by atoms with E-state index in [-0.39, 0.29) is 12.0 Å². The number of ether oxygens (including phenoxy) is 4.